The van der Waals surface area contributed by atoms with Crippen molar-refractivity contribution in [1.82, 2.24) is 0 Å². The highest BCUT2D eigenvalue weighted by Gasteiger charge is 1.92. The largest absolute Gasteiger partial charge is 0.381 e. The normalized spacial score (nSPS) is 9.70. The number of amides is 1. The van der Waals surface area contributed by atoms with Crippen LogP contribution < -0.4 is 5.73 Å². The van der Waals surface area contributed by atoms with Gasteiger partial charge in [0.05, 0.1) is 12.4 Å². The molecule has 60 valence electrons. The summed E-state index contributed by atoms with van der Waals surface area (Å²) in [7, 11) is 0. The maximum atomic E-state index is 10.2. The Balaban J connectivity index is 2.84. The maximum Gasteiger partial charge on any atom is 0.227 e. The third-order valence-electron chi connectivity index (χ3n) is 0.820. The number of primary amides is 1. The van der Waals surface area contributed by atoms with Gasteiger partial charge in [-0.15, -0.1) is 11.8 Å². The van der Waals surface area contributed by atoms with E-state index in [1.165, 1.54) is 11.8 Å². The van der Waals surface area contributed by atoms with Crippen molar-refractivity contribution in [2.75, 3.05) is 24.7 Å². The second-order valence-electron chi connectivity index (χ2n) is 1.72. The molecule has 0 rings (SSSR count). The quantitative estimate of drug-likeness (QED) is 0.571. The molecule has 0 aliphatic rings. The summed E-state index contributed by atoms with van der Waals surface area (Å²) in [4.78, 5) is 10.2. The van der Waals surface area contributed by atoms with Gasteiger partial charge >= 0.3 is 0 Å². The fourth-order valence-electron chi connectivity index (χ4n) is 0.435. The molecule has 1 amide bonds. The van der Waals surface area contributed by atoms with Gasteiger partial charge in [0.15, 0.2) is 0 Å². The lowest BCUT2D eigenvalue weighted by atomic mass is 10.8. The highest BCUT2D eigenvalue weighted by Crippen LogP contribution is 1.97. The average Bonchev–Trinajstić information content (AvgIpc) is 1.87. The number of rotatable bonds is 6. The standard InChI is InChI=1S/C6H13NO2S/c1-2-9-3-4-10-5-6(7)8/h2-5H2,1H3,(H2,7,8). The summed E-state index contributed by atoms with van der Waals surface area (Å²) in [5, 5.41) is 0. The van der Waals surface area contributed by atoms with Crippen LogP contribution >= 0.6 is 11.8 Å². The monoisotopic (exact) mass is 163 g/mol. The van der Waals surface area contributed by atoms with Crippen LogP contribution in [-0.4, -0.2) is 30.6 Å². The van der Waals surface area contributed by atoms with Crippen molar-refractivity contribution in [2.24, 2.45) is 5.73 Å². The molecule has 2 N–H and O–H groups in total. The summed E-state index contributed by atoms with van der Waals surface area (Å²) < 4.78 is 5.04. The fraction of sp³-hybridized carbons (Fsp3) is 0.833. The molecule has 0 atom stereocenters. The zero-order valence-corrected chi connectivity index (χ0v) is 6.95. The minimum atomic E-state index is -0.263. The van der Waals surface area contributed by atoms with Gasteiger partial charge in [0.1, 0.15) is 0 Å². The number of ether oxygens (including phenoxy) is 1. The minimum absolute atomic E-state index is 0.263. The van der Waals surface area contributed by atoms with Gasteiger partial charge in [-0.1, -0.05) is 0 Å². The van der Waals surface area contributed by atoms with Crippen LogP contribution in [0.2, 0.25) is 0 Å². The molecule has 3 nitrogen and oxygen atoms in total. The smallest absolute Gasteiger partial charge is 0.227 e. The lowest BCUT2D eigenvalue weighted by Crippen LogP contribution is -2.14. The molecule has 0 unspecified atom stereocenters. The Kier molecular flexibility index (Phi) is 6.74. The Morgan fingerprint density at radius 3 is 2.90 bits per heavy atom. The van der Waals surface area contributed by atoms with E-state index in [2.05, 4.69) is 0 Å². The molecule has 0 saturated carbocycles. The Bertz CT molecular complexity index is 97.7. The van der Waals surface area contributed by atoms with Gasteiger partial charge < -0.3 is 10.5 Å². The summed E-state index contributed by atoms with van der Waals surface area (Å²) in [6.07, 6.45) is 0. The third-order valence-corrected chi connectivity index (χ3v) is 1.76. The number of hydrogen-bond donors (Lipinski definition) is 1. The molecular formula is C6H13NO2S. The first-order chi connectivity index (χ1) is 4.77. The lowest BCUT2D eigenvalue weighted by molar-refractivity contribution is -0.115. The van der Waals surface area contributed by atoms with Crippen LogP contribution in [0.15, 0.2) is 0 Å². The summed E-state index contributed by atoms with van der Waals surface area (Å²) in [6.45, 7) is 3.38. The molecule has 0 radical (unpaired) electrons. The summed E-state index contributed by atoms with van der Waals surface area (Å²) >= 11 is 1.50. The summed E-state index contributed by atoms with van der Waals surface area (Å²) in [5.74, 6) is 0.977. The number of carbonyl (C=O) groups excluding carboxylic acids is 1. The van der Waals surface area contributed by atoms with Crippen LogP contribution in [0.25, 0.3) is 0 Å². The first kappa shape index (κ1) is 9.78. The van der Waals surface area contributed by atoms with E-state index in [0.717, 1.165) is 12.4 Å². The zero-order chi connectivity index (χ0) is 7.82. The average molecular weight is 163 g/mol. The van der Waals surface area contributed by atoms with E-state index < -0.39 is 0 Å². The Labute approximate surface area is 65.3 Å². The molecule has 10 heavy (non-hydrogen) atoms. The fourth-order valence-corrected chi connectivity index (χ4v) is 1.02. The zero-order valence-electron chi connectivity index (χ0n) is 6.13. The first-order valence-corrected chi connectivity index (χ1v) is 4.36. The maximum absolute atomic E-state index is 10.2. The number of hydrogen-bond acceptors (Lipinski definition) is 3. The van der Waals surface area contributed by atoms with Gasteiger partial charge in [-0.2, -0.15) is 0 Å². The van der Waals surface area contributed by atoms with Crippen molar-refractivity contribution >= 4 is 17.7 Å². The van der Waals surface area contributed by atoms with Crippen molar-refractivity contribution in [3.63, 3.8) is 0 Å². The molecule has 0 fully saturated rings. The van der Waals surface area contributed by atoms with Crippen LogP contribution in [0, 0.1) is 0 Å². The minimum Gasteiger partial charge on any atom is -0.381 e. The number of thioether (sulfide) groups is 1. The van der Waals surface area contributed by atoms with Crippen LogP contribution in [0.1, 0.15) is 6.92 Å². The summed E-state index contributed by atoms with van der Waals surface area (Å²) in [5.41, 5.74) is 4.91. The molecule has 0 saturated heterocycles. The Morgan fingerprint density at radius 1 is 1.70 bits per heavy atom. The first-order valence-electron chi connectivity index (χ1n) is 3.21. The lowest BCUT2D eigenvalue weighted by Gasteiger charge is -1.98. The van der Waals surface area contributed by atoms with Crippen molar-refractivity contribution in [1.29, 1.82) is 0 Å². The van der Waals surface area contributed by atoms with Crippen LogP contribution in [0.3, 0.4) is 0 Å². The molecule has 4 heteroatoms. The van der Waals surface area contributed by atoms with Crippen LogP contribution in [0.5, 0.6) is 0 Å². The van der Waals surface area contributed by atoms with E-state index >= 15 is 0 Å². The molecule has 0 heterocycles. The van der Waals surface area contributed by atoms with E-state index in [1.54, 1.807) is 0 Å². The Morgan fingerprint density at radius 2 is 2.40 bits per heavy atom. The van der Waals surface area contributed by atoms with E-state index in [-0.39, 0.29) is 5.91 Å². The van der Waals surface area contributed by atoms with Gasteiger partial charge in [0.25, 0.3) is 0 Å². The molecule has 0 aromatic heterocycles. The third kappa shape index (κ3) is 7.78. The number of nitrogens with two attached hydrogens (primary N) is 1. The predicted octanol–water partition coefficient (Wildman–Crippen LogP) is 0.241. The van der Waals surface area contributed by atoms with Crippen LogP contribution in [0.4, 0.5) is 0 Å². The molecule has 0 aromatic carbocycles. The van der Waals surface area contributed by atoms with E-state index in [1.807, 2.05) is 6.92 Å². The van der Waals surface area contributed by atoms with Gasteiger partial charge in [0, 0.05) is 12.4 Å². The van der Waals surface area contributed by atoms with Crippen molar-refractivity contribution < 1.29 is 9.53 Å². The SMILES string of the molecule is CCOCCSCC(N)=O. The van der Waals surface area contributed by atoms with Crippen molar-refractivity contribution in [2.45, 2.75) is 6.92 Å². The van der Waals surface area contributed by atoms with Gasteiger partial charge in [-0.05, 0) is 6.92 Å². The van der Waals surface area contributed by atoms with Gasteiger partial charge in [-0.3, -0.25) is 4.79 Å². The molecule has 0 aliphatic heterocycles. The van der Waals surface area contributed by atoms with Crippen molar-refractivity contribution in [3.8, 4) is 0 Å². The van der Waals surface area contributed by atoms with Gasteiger partial charge in [0.2, 0.25) is 5.91 Å². The van der Waals surface area contributed by atoms with E-state index in [9.17, 15) is 4.79 Å². The Hall–Kier alpha value is -0.220. The van der Waals surface area contributed by atoms with E-state index in [0.29, 0.717) is 12.4 Å². The summed E-state index contributed by atoms with van der Waals surface area (Å²) in [6, 6.07) is 0. The topological polar surface area (TPSA) is 52.3 Å². The molecule has 0 aromatic rings. The number of carbonyl (C=O) groups is 1. The highest BCUT2D eigenvalue weighted by molar-refractivity contribution is 7.99. The molecule has 0 bridgehead atoms. The second kappa shape index (κ2) is 6.89. The van der Waals surface area contributed by atoms with Crippen molar-refractivity contribution in [3.05, 3.63) is 0 Å². The molecular weight excluding hydrogens is 150 g/mol. The van der Waals surface area contributed by atoms with Crippen LogP contribution in [-0.2, 0) is 9.53 Å². The predicted molar refractivity (Wildman–Crippen MR) is 43.0 cm³/mol. The second-order valence-corrected chi connectivity index (χ2v) is 2.82. The molecule has 0 aliphatic carbocycles. The van der Waals surface area contributed by atoms with Gasteiger partial charge in [-0.25, -0.2) is 0 Å². The highest BCUT2D eigenvalue weighted by atomic mass is 32.2. The van der Waals surface area contributed by atoms with E-state index in [4.69, 9.17) is 10.5 Å². The molecule has 0 spiro atoms.